The molecule has 2 aromatic rings. The molecule has 1 unspecified atom stereocenters. The lowest BCUT2D eigenvalue weighted by atomic mass is 10.2. The summed E-state index contributed by atoms with van der Waals surface area (Å²) >= 11 is 0. The van der Waals surface area contributed by atoms with E-state index in [4.69, 9.17) is 24.2 Å². The van der Waals surface area contributed by atoms with Gasteiger partial charge in [0.2, 0.25) is 5.91 Å². The van der Waals surface area contributed by atoms with Crippen LogP contribution in [-0.2, 0) is 4.79 Å². The van der Waals surface area contributed by atoms with E-state index >= 15 is 0 Å². The van der Waals surface area contributed by atoms with Crippen molar-refractivity contribution in [1.29, 1.82) is 5.26 Å². The van der Waals surface area contributed by atoms with Crippen LogP contribution in [0.25, 0.3) is 6.08 Å². The summed E-state index contributed by atoms with van der Waals surface area (Å²) in [5.74, 6) is 2.10. The summed E-state index contributed by atoms with van der Waals surface area (Å²) in [5.41, 5.74) is 0.766. The molecule has 1 aliphatic heterocycles. The normalized spacial score (nSPS) is 14.9. The third kappa shape index (κ3) is 4.95. The minimum absolute atomic E-state index is 0.0641. The van der Waals surface area contributed by atoms with Gasteiger partial charge in [-0.25, -0.2) is 0 Å². The smallest absolute Gasteiger partial charge is 0.244 e. The Hall–Kier alpha value is -3.66. The molecule has 0 bridgehead atoms. The van der Waals surface area contributed by atoms with Gasteiger partial charge in [0, 0.05) is 6.08 Å². The van der Waals surface area contributed by atoms with Gasteiger partial charge in [-0.15, -0.1) is 0 Å². The number of methoxy groups -OCH3 is 1. The van der Waals surface area contributed by atoms with E-state index in [0.717, 1.165) is 5.56 Å². The van der Waals surface area contributed by atoms with Gasteiger partial charge in [-0.3, -0.25) is 4.79 Å². The maximum absolute atomic E-state index is 12.1. The van der Waals surface area contributed by atoms with Crippen molar-refractivity contribution >= 4 is 12.0 Å². The molecule has 28 heavy (non-hydrogen) atoms. The second-order valence-electron chi connectivity index (χ2n) is 5.93. The number of fused-ring (bicyclic) bond motifs is 1. The molecule has 3 rings (SSSR count). The number of hydrogen-bond donors (Lipinski definition) is 1. The van der Waals surface area contributed by atoms with E-state index in [2.05, 4.69) is 5.32 Å². The van der Waals surface area contributed by atoms with Crippen LogP contribution in [-0.4, -0.2) is 38.9 Å². The minimum Gasteiger partial charge on any atom is -0.493 e. The topological polar surface area (TPSA) is 89.8 Å². The fourth-order valence-electron chi connectivity index (χ4n) is 2.63. The van der Waals surface area contributed by atoms with Gasteiger partial charge >= 0.3 is 0 Å². The molecule has 1 atom stereocenters. The quantitative estimate of drug-likeness (QED) is 0.743. The molecule has 7 heteroatoms. The number of carbonyl (C=O) groups is 1. The van der Waals surface area contributed by atoms with E-state index in [1.807, 2.05) is 30.3 Å². The number of ether oxygens (including phenoxy) is 4. The first-order chi connectivity index (χ1) is 13.7. The van der Waals surface area contributed by atoms with Gasteiger partial charge in [-0.2, -0.15) is 5.26 Å². The van der Waals surface area contributed by atoms with Crippen LogP contribution in [0, 0.1) is 11.3 Å². The fraction of sp³-hybridized carbons (Fsp3) is 0.238. The molecule has 0 fully saturated rings. The first kappa shape index (κ1) is 19.1. The highest BCUT2D eigenvalue weighted by molar-refractivity contribution is 5.91. The van der Waals surface area contributed by atoms with Gasteiger partial charge in [-0.1, -0.05) is 18.2 Å². The zero-order valence-corrected chi connectivity index (χ0v) is 15.4. The van der Waals surface area contributed by atoms with Gasteiger partial charge in [0.25, 0.3) is 0 Å². The number of benzene rings is 2. The first-order valence-corrected chi connectivity index (χ1v) is 8.72. The molecule has 144 valence electrons. The van der Waals surface area contributed by atoms with E-state index in [9.17, 15) is 4.79 Å². The molecular weight excluding hydrogens is 360 g/mol. The zero-order chi connectivity index (χ0) is 19.8. The van der Waals surface area contributed by atoms with Crippen molar-refractivity contribution in [2.24, 2.45) is 0 Å². The van der Waals surface area contributed by atoms with Crippen LogP contribution in [0.1, 0.15) is 5.56 Å². The van der Waals surface area contributed by atoms with Crippen molar-refractivity contribution in [3.8, 4) is 29.1 Å². The Morgan fingerprint density at radius 3 is 2.89 bits per heavy atom. The van der Waals surface area contributed by atoms with Gasteiger partial charge in [0.1, 0.15) is 18.8 Å². The monoisotopic (exact) mass is 380 g/mol. The number of nitrogens with zero attached hydrogens (tertiary/aromatic N) is 1. The van der Waals surface area contributed by atoms with Gasteiger partial charge in [0.15, 0.2) is 29.6 Å². The molecule has 0 spiro atoms. The molecule has 0 saturated carbocycles. The van der Waals surface area contributed by atoms with Crippen molar-refractivity contribution in [3.05, 3.63) is 54.1 Å². The maximum atomic E-state index is 12.1. The van der Waals surface area contributed by atoms with E-state index in [1.165, 1.54) is 13.2 Å². The van der Waals surface area contributed by atoms with Gasteiger partial charge in [0.05, 0.1) is 13.7 Å². The summed E-state index contributed by atoms with van der Waals surface area (Å²) in [6.07, 6.45) is 2.85. The third-order valence-electron chi connectivity index (χ3n) is 3.98. The zero-order valence-electron chi connectivity index (χ0n) is 15.4. The highest BCUT2D eigenvalue weighted by Gasteiger charge is 2.20. The Bertz CT molecular complexity index is 904. The average molecular weight is 380 g/mol. The predicted octanol–water partition coefficient (Wildman–Crippen LogP) is 2.57. The van der Waals surface area contributed by atoms with Gasteiger partial charge < -0.3 is 24.3 Å². The molecule has 7 nitrogen and oxygen atoms in total. The van der Waals surface area contributed by atoms with Crippen molar-refractivity contribution in [3.63, 3.8) is 0 Å². The summed E-state index contributed by atoms with van der Waals surface area (Å²) in [5, 5.41) is 11.4. The lowest BCUT2D eigenvalue weighted by Gasteiger charge is -2.26. The number of carbonyl (C=O) groups excluding carboxylic acids is 1. The van der Waals surface area contributed by atoms with E-state index in [1.54, 1.807) is 24.3 Å². The minimum atomic E-state index is -0.246. The van der Waals surface area contributed by atoms with Gasteiger partial charge in [-0.05, 0) is 35.9 Å². The predicted molar refractivity (Wildman–Crippen MR) is 102 cm³/mol. The molecule has 0 aromatic heterocycles. The number of nitrogens with one attached hydrogen (secondary N) is 1. The first-order valence-electron chi connectivity index (χ1n) is 8.72. The summed E-state index contributed by atoms with van der Waals surface area (Å²) in [4.78, 5) is 12.1. The molecule has 0 aliphatic carbocycles. The Labute approximate surface area is 163 Å². The fourth-order valence-corrected chi connectivity index (χ4v) is 2.63. The van der Waals surface area contributed by atoms with Crippen molar-refractivity contribution in [2.75, 3.05) is 26.9 Å². The molecule has 1 aliphatic rings. The van der Waals surface area contributed by atoms with Crippen molar-refractivity contribution in [1.82, 2.24) is 5.32 Å². The van der Waals surface area contributed by atoms with E-state index in [-0.39, 0.29) is 18.6 Å². The Balaban J connectivity index is 1.52. The molecule has 2 aromatic carbocycles. The summed E-state index contributed by atoms with van der Waals surface area (Å²) in [6, 6.07) is 14.5. The number of nitriles is 1. The SMILES string of the molecule is COc1cc(/C=C/C(=O)NCC2COc3ccccc3O2)ccc1OCC#N. The molecule has 1 heterocycles. The number of rotatable bonds is 7. The molecular formula is C21H20N2O5. The number of hydrogen-bond acceptors (Lipinski definition) is 6. The maximum Gasteiger partial charge on any atom is 0.244 e. The summed E-state index contributed by atoms with van der Waals surface area (Å²) in [7, 11) is 1.51. The lowest BCUT2D eigenvalue weighted by molar-refractivity contribution is -0.116. The standard InChI is InChI=1S/C21H20N2O5/c1-25-20-12-15(6-8-18(20)26-11-10-22)7-9-21(24)23-13-16-14-27-17-4-2-3-5-19(17)28-16/h2-9,12,16H,11,13-14H2,1H3,(H,23,24)/b9-7+. The van der Waals surface area contributed by atoms with Crippen LogP contribution in [0.15, 0.2) is 48.5 Å². The van der Waals surface area contributed by atoms with Crippen LogP contribution >= 0.6 is 0 Å². The Kier molecular flexibility index (Phi) is 6.37. The lowest BCUT2D eigenvalue weighted by Crippen LogP contribution is -2.40. The second kappa shape index (κ2) is 9.33. The van der Waals surface area contributed by atoms with E-state index in [0.29, 0.717) is 36.1 Å². The third-order valence-corrected chi connectivity index (χ3v) is 3.98. The average Bonchev–Trinajstić information content (AvgIpc) is 2.74. The van der Waals surface area contributed by atoms with Crippen LogP contribution in [0.5, 0.6) is 23.0 Å². The number of amides is 1. The summed E-state index contributed by atoms with van der Waals surface area (Å²) in [6.45, 7) is 0.648. The van der Waals surface area contributed by atoms with Crippen LogP contribution in [0.2, 0.25) is 0 Å². The molecule has 1 amide bonds. The van der Waals surface area contributed by atoms with E-state index < -0.39 is 0 Å². The van der Waals surface area contributed by atoms with Crippen molar-refractivity contribution < 1.29 is 23.7 Å². The van der Waals surface area contributed by atoms with Crippen LogP contribution < -0.4 is 24.3 Å². The summed E-state index contributed by atoms with van der Waals surface area (Å²) < 4.78 is 21.9. The highest BCUT2D eigenvalue weighted by Crippen LogP contribution is 2.30. The van der Waals surface area contributed by atoms with Crippen LogP contribution in [0.4, 0.5) is 0 Å². The van der Waals surface area contributed by atoms with Crippen LogP contribution in [0.3, 0.4) is 0 Å². The Morgan fingerprint density at radius 2 is 2.11 bits per heavy atom. The second-order valence-corrected chi connectivity index (χ2v) is 5.93. The Morgan fingerprint density at radius 1 is 1.29 bits per heavy atom. The number of para-hydroxylation sites is 2. The molecule has 0 saturated heterocycles. The molecule has 0 radical (unpaired) electrons. The highest BCUT2D eigenvalue weighted by atomic mass is 16.6. The van der Waals surface area contributed by atoms with Crippen molar-refractivity contribution in [2.45, 2.75) is 6.10 Å². The largest absolute Gasteiger partial charge is 0.493 e. The molecule has 1 N–H and O–H groups in total.